The highest BCUT2D eigenvalue weighted by atomic mass is 32.2. The monoisotopic (exact) mass is 496 g/mol. The molecule has 0 bridgehead atoms. The largest absolute Gasteiger partial charge is 0.376 e. The van der Waals surface area contributed by atoms with Crippen molar-refractivity contribution in [3.63, 3.8) is 0 Å². The number of Topliss-reactive ketones (excluding diaryl/α,β-unsaturated/α-hetero) is 1. The van der Waals surface area contributed by atoms with Crippen LogP contribution in [0.1, 0.15) is 51.5 Å². The van der Waals surface area contributed by atoms with Gasteiger partial charge >= 0.3 is 0 Å². The highest BCUT2D eigenvalue weighted by molar-refractivity contribution is 7.93. The molecule has 0 N–H and O–H groups in total. The predicted molar refractivity (Wildman–Crippen MR) is 134 cm³/mol. The van der Waals surface area contributed by atoms with E-state index in [9.17, 15) is 13.2 Å². The fourth-order valence-electron chi connectivity index (χ4n) is 5.45. The first-order chi connectivity index (χ1) is 16.7. The molecule has 2 aliphatic heterocycles. The van der Waals surface area contributed by atoms with Crippen LogP contribution < -0.4 is 4.31 Å². The second-order valence-electron chi connectivity index (χ2n) is 9.57. The predicted octanol–water partition coefficient (Wildman–Crippen LogP) is 3.73. The lowest BCUT2D eigenvalue weighted by atomic mass is 10.1. The van der Waals surface area contributed by atoms with Gasteiger partial charge in [-0.3, -0.25) is 13.8 Å². The zero-order valence-corrected chi connectivity index (χ0v) is 21.6. The molecule has 5 rings (SSSR count). The summed E-state index contributed by atoms with van der Waals surface area (Å²) in [6.45, 7) is 9.30. The first kappa shape index (κ1) is 23.8. The Morgan fingerprint density at radius 1 is 1.14 bits per heavy atom. The third-order valence-electron chi connectivity index (χ3n) is 7.29. The number of sulfonamides is 1. The SMILES string of the molecule is Cc1nn(CC(=O)c2cc(C)n(C[C@@H]3CCCO3)c2C)c(C)c1S(=O)(=O)N1CCc2ccccc21. The van der Waals surface area contributed by atoms with Gasteiger partial charge < -0.3 is 9.30 Å². The Balaban J connectivity index is 1.41. The molecule has 8 nitrogen and oxygen atoms in total. The first-order valence-corrected chi connectivity index (χ1v) is 13.6. The maximum Gasteiger partial charge on any atom is 0.268 e. The van der Waals surface area contributed by atoms with Crippen LogP contribution >= 0.6 is 0 Å². The van der Waals surface area contributed by atoms with Gasteiger partial charge in [0.2, 0.25) is 0 Å². The molecule has 1 saturated heterocycles. The number of hydrogen-bond donors (Lipinski definition) is 0. The molecule has 0 saturated carbocycles. The average Bonchev–Trinajstić information content (AvgIpc) is 3.58. The van der Waals surface area contributed by atoms with Gasteiger partial charge in [-0.25, -0.2) is 8.42 Å². The fraction of sp³-hybridized carbons (Fsp3) is 0.462. The number of hydrogen-bond acceptors (Lipinski definition) is 5. The highest BCUT2D eigenvalue weighted by Gasteiger charge is 2.35. The van der Waals surface area contributed by atoms with E-state index in [2.05, 4.69) is 9.67 Å². The van der Waals surface area contributed by atoms with Crippen molar-refractivity contribution in [2.45, 2.75) is 71.0 Å². The van der Waals surface area contributed by atoms with Crippen LogP contribution in [0.5, 0.6) is 0 Å². The lowest BCUT2D eigenvalue weighted by molar-refractivity contribution is 0.0946. The Hall–Kier alpha value is -2.91. The molecule has 0 radical (unpaired) electrons. The van der Waals surface area contributed by atoms with Crippen molar-refractivity contribution in [2.24, 2.45) is 0 Å². The van der Waals surface area contributed by atoms with Gasteiger partial charge in [-0.2, -0.15) is 5.10 Å². The summed E-state index contributed by atoms with van der Waals surface area (Å²) in [5.41, 5.74) is 5.20. The molecular formula is C26H32N4O4S. The first-order valence-electron chi connectivity index (χ1n) is 12.1. The standard InChI is InChI=1S/C26H32N4O4S/c1-17-14-23(19(3)28(17)15-22-9-7-13-34-22)25(31)16-29-20(4)26(18(2)27-29)35(32,33)30-12-11-21-8-5-6-10-24(21)30/h5-6,8,10,14,22H,7,9,11-13,15-16H2,1-4H3/t22-/m0/s1. The minimum Gasteiger partial charge on any atom is -0.376 e. The Kier molecular flexibility index (Phi) is 6.09. The van der Waals surface area contributed by atoms with Crippen molar-refractivity contribution in [3.8, 4) is 0 Å². The molecule has 0 spiro atoms. The molecule has 1 fully saturated rings. The summed E-state index contributed by atoms with van der Waals surface area (Å²) in [5.74, 6) is -0.0854. The molecule has 0 unspecified atom stereocenters. The number of benzene rings is 1. The summed E-state index contributed by atoms with van der Waals surface area (Å²) in [6, 6.07) is 9.49. The van der Waals surface area contributed by atoms with E-state index in [1.807, 2.05) is 44.2 Å². The number of anilines is 1. The minimum atomic E-state index is -3.80. The van der Waals surface area contributed by atoms with E-state index >= 15 is 0 Å². The summed E-state index contributed by atoms with van der Waals surface area (Å²) in [5, 5.41) is 4.47. The van der Waals surface area contributed by atoms with Crippen LogP contribution in [0.2, 0.25) is 0 Å². The summed E-state index contributed by atoms with van der Waals surface area (Å²) >= 11 is 0. The van der Waals surface area contributed by atoms with Crippen LogP contribution in [0.25, 0.3) is 0 Å². The normalized spacial score (nSPS) is 17.8. The molecule has 9 heteroatoms. The van der Waals surface area contributed by atoms with Crippen molar-refractivity contribution in [1.29, 1.82) is 0 Å². The summed E-state index contributed by atoms with van der Waals surface area (Å²) < 4.78 is 38.2. The summed E-state index contributed by atoms with van der Waals surface area (Å²) in [6.07, 6.45) is 2.97. The van der Waals surface area contributed by atoms with Crippen LogP contribution in [0.4, 0.5) is 5.69 Å². The number of para-hydroxylation sites is 1. The Bertz CT molecular complexity index is 1400. The van der Waals surface area contributed by atoms with Crippen molar-refractivity contribution in [1.82, 2.24) is 14.3 Å². The van der Waals surface area contributed by atoms with Crippen molar-refractivity contribution in [2.75, 3.05) is 17.5 Å². The number of aryl methyl sites for hydroxylation is 2. The van der Waals surface area contributed by atoms with Crippen LogP contribution in [0.3, 0.4) is 0 Å². The van der Waals surface area contributed by atoms with E-state index in [0.29, 0.717) is 35.6 Å². The minimum absolute atomic E-state index is 0.0109. The number of nitrogens with zero attached hydrogens (tertiary/aromatic N) is 4. The van der Waals surface area contributed by atoms with Gasteiger partial charge in [0.25, 0.3) is 10.0 Å². The van der Waals surface area contributed by atoms with Crippen LogP contribution in [0.15, 0.2) is 35.2 Å². The molecule has 186 valence electrons. The maximum atomic E-state index is 13.6. The van der Waals surface area contributed by atoms with Gasteiger partial charge in [0, 0.05) is 36.6 Å². The van der Waals surface area contributed by atoms with Crippen molar-refractivity contribution in [3.05, 3.63) is 64.2 Å². The third kappa shape index (κ3) is 4.10. The molecule has 2 aliphatic rings. The van der Waals surface area contributed by atoms with Gasteiger partial charge in [0.15, 0.2) is 5.78 Å². The molecular weight excluding hydrogens is 464 g/mol. The average molecular weight is 497 g/mol. The Morgan fingerprint density at radius 2 is 1.91 bits per heavy atom. The second kappa shape index (κ2) is 8.95. The number of ketones is 1. The number of rotatable bonds is 7. The number of carbonyl (C=O) groups is 1. The molecule has 3 aromatic rings. The smallest absolute Gasteiger partial charge is 0.268 e. The van der Waals surface area contributed by atoms with Gasteiger partial charge in [0.05, 0.1) is 23.2 Å². The van der Waals surface area contributed by atoms with Crippen molar-refractivity contribution >= 4 is 21.5 Å². The molecule has 1 aromatic carbocycles. The topological polar surface area (TPSA) is 86.4 Å². The zero-order valence-electron chi connectivity index (χ0n) is 20.7. The number of carbonyl (C=O) groups excluding carboxylic acids is 1. The summed E-state index contributed by atoms with van der Waals surface area (Å²) in [7, 11) is -3.80. The van der Waals surface area contributed by atoms with Gasteiger partial charge in [0.1, 0.15) is 11.4 Å². The lowest BCUT2D eigenvalue weighted by Crippen LogP contribution is -2.30. The van der Waals surface area contributed by atoms with Crippen LogP contribution in [0, 0.1) is 27.7 Å². The Labute approximate surface area is 206 Å². The maximum absolute atomic E-state index is 13.6. The van der Waals surface area contributed by atoms with Crippen molar-refractivity contribution < 1.29 is 17.9 Å². The highest BCUT2D eigenvalue weighted by Crippen LogP contribution is 2.34. The quantitative estimate of drug-likeness (QED) is 0.465. The van der Waals surface area contributed by atoms with E-state index in [4.69, 9.17) is 4.74 Å². The van der Waals surface area contributed by atoms with Gasteiger partial charge in [-0.15, -0.1) is 0 Å². The van der Waals surface area contributed by atoms with Gasteiger partial charge in [-0.05, 0) is 64.7 Å². The summed E-state index contributed by atoms with van der Waals surface area (Å²) in [4.78, 5) is 13.5. The molecule has 35 heavy (non-hydrogen) atoms. The molecule has 1 atom stereocenters. The van der Waals surface area contributed by atoms with E-state index in [1.54, 1.807) is 13.8 Å². The molecule has 4 heterocycles. The number of aromatic nitrogens is 3. The van der Waals surface area contributed by atoms with Crippen LogP contribution in [-0.4, -0.2) is 47.8 Å². The van der Waals surface area contributed by atoms with E-state index in [1.165, 1.54) is 8.99 Å². The van der Waals surface area contributed by atoms with Gasteiger partial charge in [-0.1, -0.05) is 18.2 Å². The second-order valence-corrected chi connectivity index (χ2v) is 11.4. The van der Waals surface area contributed by atoms with Crippen LogP contribution in [-0.2, 0) is 34.3 Å². The molecule has 2 aromatic heterocycles. The molecule has 0 amide bonds. The molecule has 0 aliphatic carbocycles. The lowest BCUT2D eigenvalue weighted by Gasteiger charge is -2.19. The zero-order chi connectivity index (χ0) is 24.9. The van der Waals surface area contributed by atoms with E-state index in [0.717, 1.165) is 42.9 Å². The number of ether oxygens (including phenoxy) is 1. The fourth-order valence-corrected chi connectivity index (χ4v) is 7.34. The van der Waals surface area contributed by atoms with E-state index in [-0.39, 0.29) is 23.3 Å². The third-order valence-corrected chi connectivity index (χ3v) is 9.35. The number of fused-ring (bicyclic) bond motifs is 1. The van der Waals surface area contributed by atoms with E-state index < -0.39 is 10.0 Å². The Morgan fingerprint density at radius 3 is 2.66 bits per heavy atom.